The number of rotatable bonds is 2. The van der Waals surface area contributed by atoms with Crippen molar-refractivity contribution < 1.29 is 25.2 Å². The van der Waals surface area contributed by atoms with Crippen LogP contribution in [0.15, 0.2) is 23.1 Å². The Morgan fingerprint density at radius 3 is 2.72 bits per heavy atom. The van der Waals surface area contributed by atoms with Crippen LogP contribution in [0.5, 0.6) is 5.75 Å². The minimum absolute atomic E-state index is 0.201. The topological polar surface area (TPSA) is 112 Å². The highest BCUT2D eigenvalue weighted by molar-refractivity contribution is 5.16. The zero-order valence-corrected chi connectivity index (χ0v) is 9.72. The van der Waals surface area contributed by atoms with Crippen molar-refractivity contribution >= 4 is 0 Å². The van der Waals surface area contributed by atoms with Crippen LogP contribution in [0, 0.1) is 0 Å². The van der Waals surface area contributed by atoms with Crippen LogP contribution in [-0.4, -0.2) is 49.4 Å². The molecule has 1 aromatic heterocycles. The van der Waals surface area contributed by atoms with Gasteiger partial charge in [-0.15, -0.1) is 0 Å². The Bertz CT molecular complexity index is 497. The highest BCUT2D eigenvalue weighted by Gasteiger charge is 2.52. The second-order valence-corrected chi connectivity index (χ2v) is 4.51. The van der Waals surface area contributed by atoms with Gasteiger partial charge in [0.25, 0.3) is 5.56 Å². The zero-order valence-electron chi connectivity index (χ0n) is 9.72. The molecule has 18 heavy (non-hydrogen) atoms. The summed E-state index contributed by atoms with van der Waals surface area (Å²) in [5.41, 5.74) is -2.29. The molecule has 1 saturated heterocycles. The number of aromatic nitrogens is 1. The number of hydrogen-bond acceptors (Lipinski definition) is 6. The zero-order chi connectivity index (χ0) is 13.5. The summed E-state index contributed by atoms with van der Waals surface area (Å²) in [6.07, 6.45) is -2.15. The number of aliphatic hydroxyl groups excluding tert-OH is 2. The van der Waals surface area contributed by atoms with E-state index in [-0.39, 0.29) is 5.75 Å². The smallest absolute Gasteiger partial charge is 0.256 e. The third-order valence-corrected chi connectivity index (χ3v) is 3.12. The van der Waals surface area contributed by atoms with Gasteiger partial charge in [0.1, 0.15) is 23.6 Å². The monoisotopic (exact) mass is 257 g/mol. The fraction of sp³-hybridized carbons (Fsp3) is 0.545. The lowest BCUT2D eigenvalue weighted by Gasteiger charge is -2.27. The van der Waals surface area contributed by atoms with Crippen molar-refractivity contribution in [2.24, 2.45) is 0 Å². The van der Waals surface area contributed by atoms with Gasteiger partial charge in [0.2, 0.25) is 0 Å². The lowest BCUT2D eigenvalue weighted by Crippen LogP contribution is -2.45. The summed E-state index contributed by atoms with van der Waals surface area (Å²) in [5.74, 6) is -0.201. The average Bonchev–Trinajstić information content (AvgIpc) is 2.52. The highest BCUT2D eigenvalue weighted by Crippen LogP contribution is 2.37. The van der Waals surface area contributed by atoms with Gasteiger partial charge in [-0.25, -0.2) is 0 Å². The quantitative estimate of drug-likeness (QED) is 0.516. The maximum Gasteiger partial charge on any atom is 0.256 e. The van der Waals surface area contributed by atoms with E-state index in [0.29, 0.717) is 0 Å². The summed E-state index contributed by atoms with van der Waals surface area (Å²) in [6.45, 7) is 0.845. The third-order valence-electron chi connectivity index (χ3n) is 3.12. The summed E-state index contributed by atoms with van der Waals surface area (Å²) in [4.78, 5) is 11.7. The molecule has 0 aliphatic carbocycles. The Balaban J connectivity index is 2.42. The molecule has 100 valence electrons. The van der Waals surface area contributed by atoms with Crippen molar-refractivity contribution in [1.82, 2.24) is 4.57 Å². The SMILES string of the molecule is C[C@]1(O)C(n2ccc(O)cc2=O)O[C@H](CO)[C@H]1O. The van der Waals surface area contributed by atoms with Gasteiger partial charge in [-0.3, -0.25) is 9.36 Å². The van der Waals surface area contributed by atoms with E-state index >= 15 is 0 Å². The normalized spacial score (nSPS) is 35.9. The molecule has 4 N–H and O–H groups in total. The lowest BCUT2D eigenvalue weighted by molar-refractivity contribution is -0.0982. The lowest BCUT2D eigenvalue weighted by atomic mass is 9.96. The molecule has 0 amide bonds. The number of aromatic hydroxyl groups is 1. The number of pyridine rings is 1. The molecule has 4 atom stereocenters. The van der Waals surface area contributed by atoms with E-state index in [0.717, 1.165) is 10.6 Å². The summed E-state index contributed by atoms with van der Waals surface area (Å²) < 4.78 is 6.33. The average molecular weight is 257 g/mol. The molecule has 7 heteroatoms. The standard InChI is InChI=1S/C11H15NO6/c1-11(17)9(16)7(5-13)18-10(11)12-3-2-6(14)4-8(12)15/h2-4,7,9-10,13-14,16-17H,5H2,1H3/t7-,9-,10?,11-/m1/s1. The Hall–Kier alpha value is -1.41. The molecule has 0 spiro atoms. The third kappa shape index (κ3) is 1.91. The Kier molecular flexibility index (Phi) is 3.16. The number of nitrogens with zero attached hydrogens (tertiary/aromatic N) is 1. The van der Waals surface area contributed by atoms with Crippen LogP contribution in [-0.2, 0) is 4.74 Å². The van der Waals surface area contributed by atoms with E-state index in [1.807, 2.05) is 0 Å². The van der Waals surface area contributed by atoms with Gasteiger partial charge in [-0.2, -0.15) is 0 Å². The second kappa shape index (κ2) is 4.36. The Labute approximate surface area is 102 Å². The molecule has 0 saturated carbocycles. The summed E-state index contributed by atoms with van der Waals surface area (Å²) in [5, 5.41) is 38.1. The molecule has 0 bridgehead atoms. The summed E-state index contributed by atoms with van der Waals surface area (Å²) in [6, 6.07) is 2.23. The van der Waals surface area contributed by atoms with Gasteiger partial charge in [-0.1, -0.05) is 0 Å². The molecule has 7 nitrogen and oxygen atoms in total. The summed E-state index contributed by atoms with van der Waals surface area (Å²) in [7, 11) is 0. The van der Waals surface area contributed by atoms with Gasteiger partial charge >= 0.3 is 0 Å². The van der Waals surface area contributed by atoms with Crippen LogP contribution >= 0.6 is 0 Å². The maximum absolute atomic E-state index is 11.7. The first-order valence-electron chi connectivity index (χ1n) is 5.46. The molecule has 0 aromatic carbocycles. The molecule has 0 radical (unpaired) electrons. The van der Waals surface area contributed by atoms with Crippen molar-refractivity contribution in [2.75, 3.05) is 6.61 Å². The minimum Gasteiger partial charge on any atom is -0.508 e. The van der Waals surface area contributed by atoms with Gasteiger partial charge in [0.15, 0.2) is 6.23 Å². The summed E-state index contributed by atoms with van der Waals surface area (Å²) >= 11 is 0. The predicted octanol–water partition coefficient (Wildman–Crippen LogP) is -1.44. The van der Waals surface area contributed by atoms with E-state index in [1.165, 1.54) is 19.2 Å². The Morgan fingerprint density at radius 2 is 2.22 bits per heavy atom. The van der Waals surface area contributed by atoms with Crippen molar-refractivity contribution in [1.29, 1.82) is 0 Å². The van der Waals surface area contributed by atoms with Crippen LogP contribution in [0.4, 0.5) is 0 Å². The van der Waals surface area contributed by atoms with Crippen LogP contribution < -0.4 is 5.56 Å². The molecular weight excluding hydrogens is 242 g/mol. The molecule has 1 fully saturated rings. The maximum atomic E-state index is 11.7. The van der Waals surface area contributed by atoms with E-state index in [9.17, 15) is 15.0 Å². The first-order chi connectivity index (χ1) is 8.37. The van der Waals surface area contributed by atoms with Crippen molar-refractivity contribution in [3.63, 3.8) is 0 Å². The van der Waals surface area contributed by atoms with Crippen molar-refractivity contribution in [3.05, 3.63) is 28.7 Å². The van der Waals surface area contributed by atoms with E-state index in [4.69, 9.17) is 14.9 Å². The molecule has 2 heterocycles. The highest BCUT2D eigenvalue weighted by atomic mass is 16.6. The van der Waals surface area contributed by atoms with E-state index in [1.54, 1.807) is 0 Å². The molecular formula is C11H15NO6. The predicted molar refractivity (Wildman–Crippen MR) is 60.0 cm³/mol. The van der Waals surface area contributed by atoms with Gasteiger partial charge in [-0.05, 0) is 13.0 Å². The van der Waals surface area contributed by atoms with E-state index < -0.39 is 36.2 Å². The van der Waals surface area contributed by atoms with Crippen LogP contribution in [0.25, 0.3) is 0 Å². The fourth-order valence-electron chi connectivity index (χ4n) is 2.06. The molecule has 1 aliphatic heterocycles. The minimum atomic E-state index is -1.71. The van der Waals surface area contributed by atoms with Crippen LogP contribution in [0.1, 0.15) is 13.2 Å². The van der Waals surface area contributed by atoms with Crippen molar-refractivity contribution in [3.8, 4) is 5.75 Å². The van der Waals surface area contributed by atoms with Gasteiger partial charge < -0.3 is 25.2 Å². The van der Waals surface area contributed by atoms with Crippen LogP contribution in [0.2, 0.25) is 0 Å². The van der Waals surface area contributed by atoms with Gasteiger partial charge in [0, 0.05) is 12.3 Å². The van der Waals surface area contributed by atoms with E-state index in [2.05, 4.69) is 0 Å². The Morgan fingerprint density at radius 1 is 1.56 bits per heavy atom. The molecule has 2 rings (SSSR count). The molecule has 1 aliphatic rings. The van der Waals surface area contributed by atoms with Crippen LogP contribution in [0.3, 0.4) is 0 Å². The number of aliphatic hydroxyl groups is 3. The number of hydrogen-bond donors (Lipinski definition) is 4. The first-order valence-corrected chi connectivity index (χ1v) is 5.46. The first kappa shape index (κ1) is 13.0. The largest absolute Gasteiger partial charge is 0.508 e. The molecule has 1 unspecified atom stereocenters. The molecule has 1 aromatic rings. The fourth-order valence-corrected chi connectivity index (χ4v) is 2.06. The number of ether oxygens (including phenoxy) is 1. The second-order valence-electron chi connectivity index (χ2n) is 4.51. The van der Waals surface area contributed by atoms with Crippen molar-refractivity contribution in [2.45, 2.75) is 31.0 Å². The van der Waals surface area contributed by atoms with Gasteiger partial charge in [0.05, 0.1) is 6.61 Å².